The first-order chi connectivity index (χ1) is 5.52. The molecule has 2 amide bonds. The Morgan fingerprint density at radius 2 is 1.14 bits per heavy atom. The number of hydrogen-bond donors (Lipinski definition) is 6. The predicted molar refractivity (Wildman–Crippen MR) is 39.9 cm³/mol. The molecule has 0 spiro atoms. The maximum absolute atomic E-state index is 10.2. The molecular weight excluding hydrogens is 204 g/mol. The fraction of sp³-hybridized carbons (Fsp3) is 0. The van der Waals surface area contributed by atoms with Gasteiger partial charge in [0.05, 0.1) is 0 Å². The number of nitrogens with one attached hydrogen (secondary N) is 2. The lowest BCUT2D eigenvalue weighted by Gasteiger charge is -2.01. The normalized spacial score (nSPS) is 6.86. The van der Waals surface area contributed by atoms with Crippen molar-refractivity contribution in [1.29, 1.82) is 0 Å². The van der Waals surface area contributed by atoms with Gasteiger partial charge >= 0.3 is 18.3 Å². The van der Waals surface area contributed by atoms with E-state index in [-0.39, 0.29) is 12.3 Å². The monoisotopic (exact) mass is 214 g/mol. The summed E-state index contributed by atoms with van der Waals surface area (Å²) in [7, 11) is 0. The zero-order valence-electron chi connectivity index (χ0n) is 6.85. The topological polar surface area (TPSA) is 204 Å². The molecule has 0 aliphatic heterocycles. The van der Waals surface area contributed by atoms with Crippen LogP contribution in [0.5, 0.6) is 0 Å². The van der Waals surface area contributed by atoms with Gasteiger partial charge in [-0.1, -0.05) is 0 Å². The highest BCUT2D eigenvalue weighted by Gasteiger charge is 2.07. The third-order valence-corrected chi connectivity index (χ3v) is 0.443. The molecule has 0 aromatic rings. The number of carboxylic acid groups (broad SMARTS) is 2. The average molecular weight is 214 g/mol. The fourth-order valence-corrected chi connectivity index (χ4v) is 0.191. The summed E-state index contributed by atoms with van der Waals surface area (Å²) in [6.45, 7) is 0. The smallest absolute Gasteiger partial charge is 0.463 e. The second-order valence-corrected chi connectivity index (χ2v) is 1.27. The van der Waals surface area contributed by atoms with E-state index < -0.39 is 18.3 Å². The van der Waals surface area contributed by atoms with E-state index in [0.717, 1.165) is 0 Å². The van der Waals surface area contributed by atoms with Crippen molar-refractivity contribution >= 4 is 18.3 Å². The van der Waals surface area contributed by atoms with Crippen LogP contribution in [0, 0.1) is 0 Å². The fourth-order valence-electron chi connectivity index (χ4n) is 0.191. The largest absolute Gasteiger partial charge is 0.558 e. The van der Waals surface area contributed by atoms with E-state index >= 15 is 0 Å². The molecule has 0 aliphatic rings. The first-order valence-corrected chi connectivity index (χ1v) is 2.38. The van der Waals surface area contributed by atoms with Gasteiger partial charge in [0.1, 0.15) is 0 Å². The summed E-state index contributed by atoms with van der Waals surface area (Å²) in [5.41, 5.74) is 2.36. The molecular formula is C3H10N4O7. The molecule has 0 aliphatic carbocycles. The summed E-state index contributed by atoms with van der Waals surface area (Å²) in [6, 6.07) is 0. The summed E-state index contributed by atoms with van der Waals surface area (Å²) in [4.78, 5) is 36.7. The molecule has 0 saturated carbocycles. The summed E-state index contributed by atoms with van der Waals surface area (Å²) in [6.07, 6.45) is -4.79. The Balaban J connectivity index is -0.000000605. The third-order valence-electron chi connectivity index (χ3n) is 0.443. The van der Waals surface area contributed by atoms with Gasteiger partial charge in [-0.25, -0.2) is 9.59 Å². The van der Waals surface area contributed by atoms with Gasteiger partial charge in [0.25, 0.3) is 0 Å². The SMILES string of the molecule is N.N.O=C(O)NOC(=O)ONC(=O)O. The van der Waals surface area contributed by atoms with Gasteiger partial charge in [-0.15, -0.1) is 11.0 Å². The van der Waals surface area contributed by atoms with Gasteiger partial charge in [-0.2, -0.15) is 4.79 Å². The van der Waals surface area contributed by atoms with Crippen molar-refractivity contribution in [2.75, 3.05) is 0 Å². The van der Waals surface area contributed by atoms with Crippen LogP contribution < -0.4 is 23.3 Å². The molecule has 10 N–H and O–H groups in total. The molecule has 11 nitrogen and oxygen atoms in total. The van der Waals surface area contributed by atoms with Gasteiger partial charge in [-0.05, 0) is 0 Å². The van der Waals surface area contributed by atoms with Crippen molar-refractivity contribution in [3.05, 3.63) is 0 Å². The van der Waals surface area contributed by atoms with E-state index in [1.54, 1.807) is 0 Å². The minimum atomic E-state index is -1.62. The molecule has 0 heterocycles. The van der Waals surface area contributed by atoms with Crippen molar-refractivity contribution in [3.63, 3.8) is 0 Å². The van der Waals surface area contributed by atoms with Crippen LogP contribution in [0.2, 0.25) is 0 Å². The van der Waals surface area contributed by atoms with Crippen LogP contribution in [-0.4, -0.2) is 28.6 Å². The number of hydroxylamine groups is 2. The maximum Gasteiger partial charge on any atom is 0.558 e. The van der Waals surface area contributed by atoms with Crippen molar-refractivity contribution in [1.82, 2.24) is 23.3 Å². The lowest BCUT2D eigenvalue weighted by molar-refractivity contribution is -0.00675. The Labute approximate surface area is 77.0 Å². The van der Waals surface area contributed by atoms with Gasteiger partial charge < -0.3 is 32.2 Å². The summed E-state index contributed by atoms with van der Waals surface area (Å²) >= 11 is 0. The van der Waals surface area contributed by atoms with Crippen LogP contribution in [0.25, 0.3) is 0 Å². The molecule has 0 rings (SSSR count). The minimum absolute atomic E-state index is 0. The number of hydrogen-bond acceptors (Lipinski definition) is 7. The van der Waals surface area contributed by atoms with E-state index in [9.17, 15) is 14.4 Å². The quantitative estimate of drug-likeness (QED) is 0.295. The zero-order chi connectivity index (χ0) is 9.56. The second kappa shape index (κ2) is 8.82. The lowest BCUT2D eigenvalue weighted by Crippen LogP contribution is -2.31. The Hall–Kier alpha value is -2.27. The van der Waals surface area contributed by atoms with Crippen LogP contribution >= 0.6 is 0 Å². The molecule has 0 atom stereocenters. The molecule has 0 saturated heterocycles. The number of carbonyl (C=O) groups excluding carboxylic acids is 1. The van der Waals surface area contributed by atoms with E-state index in [0.29, 0.717) is 0 Å². The highest BCUT2D eigenvalue weighted by molar-refractivity contribution is 5.69. The van der Waals surface area contributed by atoms with Crippen LogP contribution in [0.3, 0.4) is 0 Å². The average Bonchev–Trinajstić information content (AvgIpc) is 1.96. The summed E-state index contributed by atoms with van der Waals surface area (Å²) in [5, 5.41) is 15.7. The second-order valence-electron chi connectivity index (χ2n) is 1.27. The molecule has 0 fully saturated rings. The molecule has 0 unspecified atom stereocenters. The van der Waals surface area contributed by atoms with E-state index in [4.69, 9.17) is 10.2 Å². The lowest BCUT2D eigenvalue weighted by atomic mass is 11.2. The van der Waals surface area contributed by atoms with Crippen LogP contribution in [-0.2, 0) is 9.68 Å². The van der Waals surface area contributed by atoms with Crippen LogP contribution in [0.1, 0.15) is 0 Å². The Morgan fingerprint density at radius 3 is 1.36 bits per heavy atom. The van der Waals surface area contributed by atoms with Crippen LogP contribution in [0.15, 0.2) is 0 Å². The molecule has 0 aromatic carbocycles. The molecule has 0 aromatic heterocycles. The Kier molecular flexibility index (Phi) is 11.2. The van der Waals surface area contributed by atoms with E-state index in [1.165, 1.54) is 11.0 Å². The van der Waals surface area contributed by atoms with Gasteiger partial charge in [0.2, 0.25) is 0 Å². The van der Waals surface area contributed by atoms with E-state index in [2.05, 4.69) is 9.68 Å². The molecule has 0 bridgehead atoms. The summed E-state index contributed by atoms with van der Waals surface area (Å²) in [5.74, 6) is 0. The third kappa shape index (κ3) is 12.4. The minimum Gasteiger partial charge on any atom is -0.463 e. The van der Waals surface area contributed by atoms with Gasteiger partial charge in [0, 0.05) is 0 Å². The predicted octanol–water partition coefficient (Wildman–Crippen LogP) is -0.171. The first-order valence-electron chi connectivity index (χ1n) is 2.38. The van der Waals surface area contributed by atoms with E-state index in [1.807, 2.05) is 0 Å². The standard InChI is InChI=1S/C3H4N2O7.2H3N/c6-1(7)4-11-3(10)12-5-2(8)9;;/h4-5H,(H,6,7)(H,8,9);2*1H3. The van der Waals surface area contributed by atoms with Gasteiger partial charge in [0.15, 0.2) is 0 Å². The molecule has 0 radical (unpaired) electrons. The van der Waals surface area contributed by atoms with Crippen LogP contribution in [0.4, 0.5) is 14.4 Å². The summed E-state index contributed by atoms with van der Waals surface area (Å²) < 4.78 is 0. The highest BCUT2D eigenvalue weighted by atomic mass is 16.9. The molecule has 11 heteroatoms. The first kappa shape index (κ1) is 17.7. The van der Waals surface area contributed by atoms with Crippen molar-refractivity contribution in [3.8, 4) is 0 Å². The molecule has 14 heavy (non-hydrogen) atoms. The van der Waals surface area contributed by atoms with Crippen molar-refractivity contribution in [2.24, 2.45) is 0 Å². The van der Waals surface area contributed by atoms with Crippen molar-refractivity contribution in [2.45, 2.75) is 0 Å². The molecule has 84 valence electrons. The number of carbonyl (C=O) groups is 3. The Bertz CT molecular complexity index is 185. The zero-order valence-corrected chi connectivity index (χ0v) is 6.85. The number of amides is 2. The van der Waals surface area contributed by atoms with Crippen molar-refractivity contribution < 1.29 is 34.3 Å². The van der Waals surface area contributed by atoms with Gasteiger partial charge in [-0.3, -0.25) is 0 Å². The highest BCUT2D eigenvalue weighted by Crippen LogP contribution is 1.77. The Morgan fingerprint density at radius 1 is 0.857 bits per heavy atom. The maximum atomic E-state index is 10.2. The number of rotatable bonds is 0.